The second kappa shape index (κ2) is 10.6. The highest BCUT2D eigenvalue weighted by atomic mass is 16.2. The first-order valence-electron chi connectivity index (χ1n) is 9.88. The van der Waals surface area contributed by atoms with Crippen molar-refractivity contribution >= 4 is 34.9 Å². The number of carbonyl (C=O) groups excluding carboxylic acids is 3. The highest BCUT2D eigenvalue weighted by Crippen LogP contribution is 2.15. The summed E-state index contributed by atoms with van der Waals surface area (Å²) < 4.78 is 0. The molecule has 0 fully saturated rings. The topological polar surface area (TPSA) is 99.3 Å². The molecule has 0 aromatic heterocycles. The molecule has 0 radical (unpaired) electrons. The molecule has 3 aromatic carbocycles. The predicted octanol–water partition coefficient (Wildman–Crippen LogP) is 4.48. The Morgan fingerprint density at radius 2 is 1.16 bits per heavy atom. The van der Waals surface area contributed by atoms with E-state index in [4.69, 9.17) is 0 Å². The van der Waals surface area contributed by atoms with Crippen molar-refractivity contribution in [3.63, 3.8) is 0 Å². The van der Waals surface area contributed by atoms with E-state index >= 15 is 0 Å². The van der Waals surface area contributed by atoms with Gasteiger partial charge in [-0.3, -0.25) is 9.59 Å². The second-order valence-corrected chi connectivity index (χ2v) is 7.02. The van der Waals surface area contributed by atoms with Gasteiger partial charge in [-0.2, -0.15) is 0 Å². The molecule has 3 aromatic rings. The summed E-state index contributed by atoms with van der Waals surface area (Å²) in [5.74, 6) is -0.437. The third kappa shape index (κ3) is 7.01. The second-order valence-electron chi connectivity index (χ2n) is 7.02. The number of anilines is 3. The number of para-hydroxylation sites is 1. The van der Waals surface area contributed by atoms with Crippen LogP contribution < -0.4 is 21.3 Å². The van der Waals surface area contributed by atoms with E-state index in [1.54, 1.807) is 67.6 Å². The van der Waals surface area contributed by atoms with Crippen LogP contribution in [0.2, 0.25) is 0 Å². The summed E-state index contributed by atoms with van der Waals surface area (Å²) in [7, 11) is 0. The maximum absolute atomic E-state index is 12.3. The Morgan fingerprint density at radius 3 is 1.74 bits per heavy atom. The zero-order valence-corrected chi connectivity index (χ0v) is 17.1. The van der Waals surface area contributed by atoms with E-state index in [2.05, 4.69) is 21.3 Å². The zero-order chi connectivity index (χ0) is 22.1. The normalized spacial score (nSPS) is 11.1. The molecule has 0 bridgehead atoms. The van der Waals surface area contributed by atoms with Crippen LogP contribution in [0.4, 0.5) is 21.9 Å². The quantitative estimate of drug-likeness (QED) is 0.457. The Bertz CT molecular complexity index is 1020. The lowest BCUT2D eigenvalue weighted by Crippen LogP contribution is -2.35. The molecule has 4 amide bonds. The lowest BCUT2D eigenvalue weighted by molar-refractivity contribution is -0.116. The fraction of sp³-hybridized carbons (Fsp3) is 0.125. The van der Waals surface area contributed by atoms with Crippen LogP contribution in [0.15, 0.2) is 84.9 Å². The van der Waals surface area contributed by atoms with Gasteiger partial charge in [-0.15, -0.1) is 0 Å². The molecule has 4 N–H and O–H groups in total. The van der Waals surface area contributed by atoms with Gasteiger partial charge in [-0.05, 0) is 55.5 Å². The maximum Gasteiger partial charge on any atom is 0.323 e. The number of benzene rings is 3. The molecule has 1 unspecified atom stereocenters. The van der Waals surface area contributed by atoms with Gasteiger partial charge < -0.3 is 21.3 Å². The minimum Gasteiger partial charge on any atom is -0.349 e. The summed E-state index contributed by atoms with van der Waals surface area (Å²) in [6, 6.07) is 24.1. The molecule has 1 atom stereocenters. The monoisotopic (exact) mass is 416 g/mol. The molecular weight excluding hydrogens is 392 g/mol. The molecule has 0 aliphatic carbocycles. The Kier molecular flexibility index (Phi) is 7.37. The van der Waals surface area contributed by atoms with Crippen LogP contribution in [-0.4, -0.2) is 23.9 Å². The van der Waals surface area contributed by atoms with Gasteiger partial charge in [-0.25, -0.2) is 4.79 Å². The largest absolute Gasteiger partial charge is 0.349 e. The lowest BCUT2D eigenvalue weighted by Gasteiger charge is -2.14. The molecule has 0 aliphatic rings. The standard InChI is InChI=1S/C24H24N4O3/c1-17(25-23(30)18-8-4-2-5-9-18)16-22(29)26-20-12-14-21(15-13-20)28-24(31)27-19-10-6-3-7-11-19/h2-15,17H,16H2,1H3,(H,25,30)(H,26,29)(H2,27,28,31). The molecule has 158 valence electrons. The Balaban J connectivity index is 1.45. The van der Waals surface area contributed by atoms with E-state index in [1.807, 2.05) is 24.3 Å². The van der Waals surface area contributed by atoms with Gasteiger partial charge in [0.2, 0.25) is 5.91 Å². The molecule has 0 aliphatic heterocycles. The van der Waals surface area contributed by atoms with Crippen LogP contribution in [0, 0.1) is 0 Å². The lowest BCUT2D eigenvalue weighted by atomic mass is 10.1. The molecule has 0 saturated heterocycles. The third-order valence-electron chi connectivity index (χ3n) is 4.36. The van der Waals surface area contributed by atoms with Crippen molar-refractivity contribution in [2.75, 3.05) is 16.0 Å². The summed E-state index contributed by atoms with van der Waals surface area (Å²) in [6.07, 6.45) is 0.137. The Morgan fingerprint density at radius 1 is 0.677 bits per heavy atom. The number of carbonyl (C=O) groups is 3. The summed E-state index contributed by atoms with van der Waals surface area (Å²) in [5.41, 5.74) is 2.43. The summed E-state index contributed by atoms with van der Waals surface area (Å²) in [4.78, 5) is 36.4. The van der Waals surface area contributed by atoms with Crippen molar-refractivity contribution in [2.45, 2.75) is 19.4 Å². The van der Waals surface area contributed by atoms with Crippen molar-refractivity contribution in [1.29, 1.82) is 0 Å². The van der Waals surface area contributed by atoms with E-state index in [0.29, 0.717) is 22.6 Å². The number of urea groups is 1. The summed E-state index contributed by atoms with van der Waals surface area (Å²) in [5, 5.41) is 11.1. The van der Waals surface area contributed by atoms with Crippen LogP contribution in [0.25, 0.3) is 0 Å². The van der Waals surface area contributed by atoms with Gasteiger partial charge in [0.25, 0.3) is 5.91 Å². The smallest absolute Gasteiger partial charge is 0.323 e. The molecule has 0 heterocycles. The van der Waals surface area contributed by atoms with Gasteiger partial charge in [0.15, 0.2) is 0 Å². The van der Waals surface area contributed by atoms with E-state index in [-0.39, 0.29) is 30.3 Å². The number of hydrogen-bond donors (Lipinski definition) is 4. The summed E-state index contributed by atoms with van der Waals surface area (Å²) >= 11 is 0. The first-order chi connectivity index (χ1) is 15.0. The summed E-state index contributed by atoms with van der Waals surface area (Å²) in [6.45, 7) is 1.78. The van der Waals surface area contributed by atoms with E-state index in [0.717, 1.165) is 0 Å². The van der Waals surface area contributed by atoms with Crippen molar-refractivity contribution in [1.82, 2.24) is 5.32 Å². The van der Waals surface area contributed by atoms with Crippen molar-refractivity contribution in [3.8, 4) is 0 Å². The van der Waals surface area contributed by atoms with Crippen LogP contribution in [0.1, 0.15) is 23.7 Å². The first kappa shape index (κ1) is 21.6. The molecule has 31 heavy (non-hydrogen) atoms. The van der Waals surface area contributed by atoms with Gasteiger partial charge in [0.05, 0.1) is 0 Å². The predicted molar refractivity (Wildman–Crippen MR) is 122 cm³/mol. The van der Waals surface area contributed by atoms with Crippen LogP contribution in [0.3, 0.4) is 0 Å². The fourth-order valence-electron chi connectivity index (χ4n) is 2.89. The Hall–Kier alpha value is -4.13. The van der Waals surface area contributed by atoms with Crippen LogP contribution in [-0.2, 0) is 4.79 Å². The molecule has 7 heteroatoms. The molecule has 0 spiro atoms. The van der Waals surface area contributed by atoms with Gasteiger partial charge in [-0.1, -0.05) is 36.4 Å². The van der Waals surface area contributed by atoms with Crippen molar-refractivity contribution < 1.29 is 14.4 Å². The maximum atomic E-state index is 12.3. The van der Waals surface area contributed by atoms with Crippen molar-refractivity contribution in [3.05, 3.63) is 90.5 Å². The van der Waals surface area contributed by atoms with E-state index < -0.39 is 0 Å². The minimum absolute atomic E-state index is 0.137. The highest BCUT2D eigenvalue weighted by molar-refractivity contribution is 6.00. The fourth-order valence-corrected chi connectivity index (χ4v) is 2.89. The molecule has 0 saturated carbocycles. The van der Waals surface area contributed by atoms with Gasteiger partial charge >= 0.3 is 6.03 Å². The average molecular weight is 416 g/mol. The number of amides is 4. The van der Waals surface area contributed by atoms with Crippen LogP contribution in [0.5, 0.6) is 0 Å². The van der Waals surface area contributed by atoms with E-state index in [1.165, 1.54) is 0 Å². The van der Waals surface area contributed by atoms with Crippen molar-refractivity contribution in [2.24, 2.45) is 0 Å². The number of hydrogen-bond acceptors (Lipinski definition) is 3. The number of nitrogens with one attached hydrogen (secondary N) is 4. The molecule has 7 nitrogen and oxygen atoms in total. The number of rotatable bonds is 7. The average Bonchev–Trinajstić information content (AvgIpc) is 2.76. The van der Waals surface area contributed by atoms with E-state index in [9.17, 15) is 14.4 Å². The SMILES string of the molecule is CC(CC(=O)Nc1ccc(NC(=O)Nc2ccccc2)cc1)NC(=O)c1ccccc1. The third-order valence-corrected chi connectivity index (χ3v) is 4.36. The highest BCUT2D eigenvalue weighted by Gasteiger charge is 2.13. The first-order valence-corrected chi connectivity index (χ1v) is 9.88. The zero-order valence-electron chi connectivity index (χ0n) is 17.1. The Labute approximate surface area is 180 Å². The van der Waals surface area contributed by atoms with Gasteiger partial charge in [0.1, 0.15) is 0 Å². The van der Waals surface area contributed by atoms with Gasteiger partial charge in [0, 0.05) is 35.1 Å². The minimum atomic E-state index is -0.356. The van der Waals surface area contributed by atoms with Crippen LogP contribution >= 0.6 is 0 Å². The molecule has 3 rings (SSSR count). The molecular formula is C24H24N4O3.